The zero-order valence-electron chi connectivity index (χ0n) is 16.7. The van der Waals surface area contributed by atoms with Crippen molar-refractivity contribution in [2.45, 2.75) is 56.4 Å². The SMILES string of the molecule is CC(C)(C)c1ccc(S(=O)(=O)NCCC(=O)NC2CCc3ccccc32)cc1. The van der Waals surface area contributed by atoms with E-state index in [0.717, 1.165) is 24.0 Å². The summed E-state index contributed by atoms with van der Waals surface area (Å²) < 4.78 is 27.4. The van der Waals surface area contributed by atoms with Crippen LogP contribution in [0.25, 0.3) is 0 Å². The van der Waals surface area contributed by atoms with Gasteiger partial charge in [-0.15, -0.1) is 0 Å². The summed E-state index contributed by atoms with van der Waals surface area (Å²) in [4.78, 5) is 12.5. The van der Waals surface area contributed by atoms with Gasteiger partial charge in [0.1, 0.15) is 0 Å². The molecule has 150 valence electrons. The van der Waals surface area contributed by atoms with Gasteiger partial charge < -0.3 is 5.32 Å². The maximum atomic E-state index is 12.4. The molecule has 0 saturated heterocycles. The largest absolute Gasteiger partial charge is 0.349 e. The van der Waals surface area contributed by atoms with Crippen molar-refractivity contribution in [2.24, 2.45) is 0 Å². The normalized spacial score (nSPS) is 16.6. The number of rotatable bonds is 6. The van der Waals surface area contributed by atoms with Gasteiger partial charge in [0.2, 0.25) is 15.9 Å². The summed E-state index contributed by atoms with van der Waals surface area (Å²) in [6.07, 6.45) is 1.95. The monoisotopic (exact) mass is 400 g/mol. The lowest BCUT2D eigenvalue weighted by Gasteiger charge is -2.19. The van der Waals surface area contributed by atoms with Crippen molar-refractivity contribution in [3.05, 3.63) is 65.2 Å². The van der Waals surface area contributed by atoms with E-state index >= 15 is 0 Å². The van der Waals surface area contributed by atoms with Crippen molar-refractivity contribution < 1.29 is 13.2 Å². The van der Waals surface area contributed by atoms with E-state index in [1.165, 1.54) is 5.56 Å². The highest BCUT2D eigenvalue weighted by Crippen LogP contribution is 2.30. The van der Waals surface area contributed by atoms with Crippen molar-refractivity contribution in [3.63, 3.8) is 0 Å². The van der Waals surface area contributed by atoms with Crippen LogP contribution < -0.4 is 10.0 Å². The highest BCUT2D eigenvalue weighted by molar-refractivity contribution is 7.89. The second-order valence-electron chi connectivity index (χ2n) is 8.28. The fourth-order valence-corrected chi connectivity index (χ4v) is 4.52. The summed E-state index contributed by atoms with van der Waals surface area (Å²) in [5.41, 5.74) is 3.47. The maximum Gasteiger partial charge on any atom is 0.240 e. The predicted octanol–water partition coefficient (Wildman–Crippen LogP) is 3.46. The van der Waals surface area contributed by atoms with Crippen LogP contribution in [0.15, 0.2) is 53.4 Å². The average molecular weight is 401 g/mol. The molecule has 3 rings (SSSR count). The van der Waals surface area contributed by atoms with Crippen LogP contribution >= 0.6 is 0 Å². The van der Waals surface area contributed by atoms with E-state index in [4.69, 9.17) is 0 Å². The summed E-state index contributed by atoms with van der Waals surface area (Å²) in [7, 11) is -3.62. The lowest BCUT2D eigenvalue weighted by Crippen LogP contribution is -2.32. The van der Waals surface area contributed by atoms with Crippen LogP contribution in [0.4, 0.5) is 0 Å². The van der Waals surface area contributed by atoms with Gasteiger partial charge in [-0.2, -0.15) is 0 Å². The predicted molar refractivity (Wildman–Crippen MR) is 111 cm³/mol. The van der Waals surface area contributed by atoms with Crippen LogP contribution in [-0.4, -0.2) is 20.9 Å². The molecular formula is C22H28N2O3S. The van der Waals surface area contributed by atoms with E-state index in [1.807, 2.05) is 30.3 Å². The van der Waals surface area contributed by atoms with Crippen LogP contribution in [-0.2, 0) is 26.7 Å². The Bertz CT molecular complexity index is 944. The minimum absolute atomic E-state index is 0.0187. The second-order valence-corrected chi connectivity index (χ2v) is 10.0. The number of sulfonamides is 1. The second kappa shape index (κ2) is 8.05. The first-order valence-electron chi connectivity index (χ1n) is 9.64. The number of carbonyl (C=O) groups is 1. The Morgan fingerprint density at radius 3 is 2.43 bits per heavy atom. The van der Waals surface area contributed by atoms with Crippen molar-refractivity contribution in [3.8, 4) is 0 Å². The number of aryl methyl sites for hydroxylation is 1. The fourth-order valence-electron chi connectivity index (χ4n) is 3.49. The van der Waals surface area contributed by atoms with E-state index in [-0.39, 0.29) is 35.2 Å². The van der Waals surface area contributed by atoms with Crippen molar-refractivity contribution >= 4 is 15.9 Å². The van der Waals surface area contributed by atoms with Gasteiger partial charge >= 0.3 is 0 Å². The zero-order valence-corrected chi connectivity index (χ0v) is 17.5. The van der Waals surface area contributed by atoms with Crippen LogP contribution in [0.2, 0.25) is 0 Å². The van der Waals surface area contributed by atoms with Crippen LogP contribution in [0.1, 0.15) is 56.3 Å². The molecule has 1 amide bonds. The Balaban J connectivity index is 1.52. The van der Waals surface area contributed by atoms with Gasteiger partial charge in [0.15, 0.2) is 0 Å². The Morgan fingerprint density at radius 1 is 1.07 bits per heavy atom. The topological polar surface area (TPSA) is 75.3 Å². The lowest BCUT2D eigenvalue weighted by atomic mass is 9.87. The average Bonchev–Trinajstić information content (AvgIpc) is 3.04. The molecule has 5 nitrogen and oxygen atoms in total. The van der Waals surface area contributed by atoms with E-state index in [0.29, 0.717) is 0 Å². The molecule has 0 aliphatic heterocycles. The molecule has 2 N–H and O–H groups in total. The Kier molecular flexibility index (Phi) is 5.91. The van der Waals surface area contributed by atoms with E-state index in [9.17, 15) is 13.2 Å². The van der Waals surface area contributed by atoms with Crippen LogP contribution in [0.5, 0.6) is 0 Å². The van der Waals surface area contributed by atoms with Crippen LogP contribution in [0.3, 0.4) is 0 Å². The van der Waals surface area contributed by atoms with Crippen molar-refractivity contribution in [1.82, 2.24) is 10.0 Å². The molecule has 2 aromatic carbocycles. The maximum absolute atomic E-state index is 12.4. The van der Waals surface area contributed by atoms with Gasteiger partial charge in [0.05, 0.1) is 10.9 Å². The van der Waals surface area contributed by atoms with Gasteiger partial charge in [-0.3, -0.25) is 4.79 Å². The van der Waals surface area contributed by atoms with E-state index in [2.05, 4.69) is 36.9 Å². The summed E-state index contributed by atoms with van der Waals surface area (Å²) in [6.45, 7) is 6.31. The lowest BCUT2D eigenvalue weighted by molar-refractivity contribution is -0.121. The molecule has 0 fully saturated rings. The van der Waals surface area contributed by atoms with Crippen LogP contribution in [0, 0.1) is 0 Å². The van der Waals surface area contributed by atoms with Gasteiger partial charge in [0, 0.05) is 13.0 Å². The number of hydrogen-bond acceptors (Lipinski definition) is 3. The van der Waals surface area contributed by atoms with Gasteiger partial charge in [-0.1, -0.05) is 57.2 Å². The molecular weight excluding hydrogens is 372 g/mol. The first kappa shape index (κ1) is 20.6. The highest BCUT2D eigenvalue weighted by atomic mass is 32.2. The third-order valence-electron chi connectivity index (χ3n) is 5.14. The van der Waals surface area contributed by atoms with Gasteiger partial charge in [-0.05, 0) is 47.1 Å². The third kappa shape index (κ3) is 4.80. The number of benzene rings is 2. The molecule has 0 spiro atoms. The molecule has 1 unspecified atom stereocenters. The standard InChI is InChI=1S/C22H28N2O3S/c1-22(2,3)17-9-11-18(12-10-17)28(26,27)23-15-14-21(25)24-20-13-8-16-6-4-5-7-19(16)20/h4-7,9-12,20,23H,8,13-15H2,1-3H3,(H,24,25). The summed E-state index contributed by atoms with van der Waals surface area (Å²) in [6, 6.07) is 15.0. The van der Waals surface area contributed by atoms with E-state index in [1.54, 1.807) is 12.1 Å². The molecule has 0 aromatic heterocycles. The number of nitrogens with one attached hydrogen (secondary N) is 2. The quantitative estimate of drug-likeness (QED) is 0.780. The van der Waals surface area contributed by atoms with Gasteiger partial charge in [0.25, 0.3) is 0 Å². The molecule has 28 heavy (non-hydrogen) atoms. The molecule has 0 saturated carbocycles. The minimum atomic E-state index is -3.62. The minimum Gasteiger partial charge on any atom is -0.349 e. The molecule has 1 aliphatic rings. The Hall–Kier alpha value is -2.18. The first-order chi connectivity index (χ1) is 13.2. The summed E-state index contributed by atoms with van der Waals surface area (Å²) in [5.74, 6) is -0.146. The van der Waals surface area contributed by atoms with Crippen molar-refractivity contribution in [1.29, 1.82) is 0 Å². The number of carbonyl (C=O) groups excluding carboxylic acids is 1. The van der Waals surface area contributed by atoms with Gasteiger partial charge in [-0.25, -0.2) is 13.1 Å². The Morgan fingerprint density at radius 2 is 1.75 bits per heavy atom. The third-order valence-corrected chi connectivity index (χ3v) is 6.62. The molecule has 0 heterocycles. The van der Waals surface area contributed by atoms with Crippen molar-refractivity contribution in [2.75, 3.05) is 6.54 Å². The number of hydrogen-bond donors (Lipinski definition) is 2. The molecule has 0 radical (unpaired) electrons. The zero-order chi connectivity index (χ0) is 20.4. The molecule has 1 atom stereocenters. The molecule has 1 aliphatic carbocycles. The van der Waals surface area contributed by atoms with E-state index < -0.39 is 10.0 Å². The summed E-state index contributed by atoms with van der Waals surface area (Å²) in [5, 5.41) is 3.01. The highest BCUT2D eigenvalue weighted by Gasteiger charge is 2.23. The molecule has 0 bridgehead atoms. The smallest absolute Gasteiger partial charge is 0.240 e. The molecule has 2 aromatic rings. The number of fused-ring (bicyclic) bond motifs is 1. The Labute approximate surface area is 167 Å². The molecule has 6 heteroatoms. The first-order valence-corrected chi connectivity index (χ1v) is 11.1. The fraction of sp³-hybridized carbons (Fsp3) is 0.409. The summed E-state index contributed by atoms with van der Waals surface area (Å²) >= 11 is 0. The number of amides is 1.